The molecule has 3 heteroatoms. The van der Waals surface area contributed by atoms with Gasteiger partial charge in [0, 0.05) is 30.3 Å². The summed E-state index contributed by atoms with van der Waals surface area (Å²) in [6, 6.07) is 8.50. The molecule has 1 unspecified atom stereocenters. The van der Waals surface area contributed by atoms with Crippen LogP contribution >= 0.6 is 0 Å². The zero-order valence-electron chi connectivity index (χ0n) is 12.5. The molecule has 110 valence electrons. The summed E-state index contributed by atoms with van der Waals surface area (Å²) >= 11 is 0. The van der Waals surface area contributed by atoms with Crippen molar-refractivity contribution < 1.29 is 5.11 Å². The van der Waals surface area contributed by atoms with Gasteiger partial charge >= 0.3 is 0 Å². The van der Waals surface area contributed by atoms with Crippen LogP contribution in [0.3, 0.4) is 0 Å². The van der Waals surface area contributed by atoms with Gasteiger partial charge in [-0.2, -0.15) is 0 Å². The van der Waals surface area contributed by atoms with Crippen LogP contribution in [0, 0.1) is 11.8 Å². The average molecular weight is 274 g/mol. The Morgan fingerprint density at radius 3 is 2.85 bits per heavy atom. The van der Waals surface area contributed by atoms with Crippen molar-refractivity contribution in [1.29, 1.82) is 0 Å². The van der Waals surface area contributed by atoms with E-state index in [1.807, 2.05) is 6.20 Å². The predicted molar refractivity (Wildman–Crippen MR) is 84.7 cm³/mol. The first-order chi connectivity index (χ1) is 9.70. The minimum atomic E-state index is 0.284. The Hall–Kier alpha value is -1.32. The van der Waals surface area contributed by atoms with Gasteiger partial charge in [0.25, 0.3) is 0 Å². The maximum atomic E-state index is 9.15. The quantitative estimate of drug-likeness (QED) is 0.691. The number of hydrogen-bond acceptors (Lipinski definition) is 2. The van der Waals surface area contributed by atoms with Gasteiger partial charge in [-0.15, -0.1) is 0 Å². The Morgan fingerprint density at radius 2 is 2.10 bits per heavy atom. The second-order valence-corrected chi connectivity index (χ2v) is 5.99. The summed E-state index contributed by atoms with van der Waals surface area (Å²) in [7, 11) is 0. The topological polar surface area (TPSA) is 48.0 Å². The number of H-pyrrole nitrogens is 1. The van der Waals surface area contributed by atoms with E-state index in [1.54, 1.807) is 0 Å². The zero-order chi connectivity index (χ0) is 14.4. The van der Waals surface area contributed by atoms with Crippen LogP contribution in [0.5, 0.6) is 0 Å². The van der Waals surface area contributed by atoms with Gasteiger partial charge in [-0.1, -0.05) is 26.0 Å². The molecule has 0 radical (unpaired) electrons. The molecule has 0 fully saturated rings. The Labute approximate surface area is 121 Å². The van der Waals surface area contributed by atoms with Gasteiger partial charge in [0.15, 0.2) is 0 Å². The second-order valence-electron chi connectivity index (χ2n) is 5.99. The number of hydrogen-bond donors (Lipinski definition) is 3. The molecule has 3 nitrogen and oxygen atoms in total. The number of benzene rings is 1. The van der Waals surface area contributed by atoms with Crippen LogP contribution in [0.2, 0.25) is 0 Å². The van der Waals surface area contributed by atoms with Crippen molar-refractivity contribution in [3.8, 4) is 0 Å². The van der Waals surface area contributed by atoms with E-state index in [0.717, 1.165) is 19.5 Å². The maximum Gasteiger partial charge on any atom is 0.0457 e. The van der Waals surface area contributed by atoms with E-state index in [2.05, 4.69) is 48.4 Å². The number of aromatic amines is 1. The molecule has 2 aromatic rings. The van der Waals surface area contributed by atoms with E-state index in [0.29, 0.717) is 11.8 Å². The Bertz CT molecular complexity index is 518. The Kier molecular flexibility index (Phi) is 5.62. The molecule has 0 saturated carbocycles. The van der Waals surface area contributed by atoms with Crippen LogP contribution in [0.4, 0.5) is 0 Å². The summed E-state index contributed by atoms with van der Waals surface area (Å²) in [4.78, 5) is 3.24. The highest BCUT2D eigenvalue weighted by atomic mass is 16.3. The van der Waals surface area contributed by atoms with Crippen molar-refractivity contribution >= 4 is 10.9 Å². The third kappa shape index (κ3) is 4.09. The smallest absolute Gasteiger partial charge is 0.0457 e. The first-order valence-corrected chi connectivity index (χ1v) is 7.57. The van der Waals surface area contributed by atoms with E-state index in [1.165, 1.54) is 22.9 Å². The van der Waals surface area contributed by atoms with Gasteiger partial charge in [0.2, 0.25) is 0 Å². The van der Waals surface area contributed by atoms with Crippen LogP contribution < -0.4 is 5.32 Å². The van der Waals surface area contributed by atoms with Crippen molar-refractivity contribution in [1.82, 2.24) is 10.3 Å². The first kappa shape index (κ1) is 15.1. The van der Waals surface area contributed by atoms with Crippen molar-refractivity contribution in [2.75, 3.05) is 13.2 Å². The van der Waals surface area contributed by atoms with Gasteiger partial charge in [-0.3, -0.25) is 0 Å². The monoisotopic (exact) mass is 274 g/mol. The lowest BCUT2D eigenvalue weighted by Gasteiger charge is -2.18. The molecule has 0 amide bonds. The molecule has 2 rings (SSSR count). The fourth-order valence-electron chi connectivity index (χ4n) is 2.87. The number of rotatable bonds is 8. The van der Waals surface area contributed by atoms with E-state index in [9.17, 15) is 0 Å². The molecule has 0 saturated heterocycles. The molecule has 1 atom stereocenters. The van der Waals surface area contributed by atoms with Crippen LogP contribution in [-0.4, -0.2) is 23.2 Å². The lowest BCUT2D eigenvalue weighted by Crippen LogP contribution is -2.24. The SMILES string of the molecule is CC(C)CC(CCO)CNCc1cccc2[nH]ccc12. The summed E-state index contributed by atoms with van der Waals surface area (Å²) < 4.78 is 0. The predicted octanol–water partition coefficient (Wildman–Crippen LogP) is 3.30. The molecular formula is C17H26N2O. The standard InChI is InChI=1S/C17H26N2O/c1-13(2)10-14(7-9-20)11-18-12-15-4-3-5-17-16(15)6-8-19-17/h3-6,8,13-14,18-20H,7,9-12H2,1-2H3. The normalized spacial score (nSPS) is 13.2. The van der Waals surface area contributed by atoms with Gasteiger partial charge in [-0.25, -0.2) is 0 Å². The van der Waals surface area contributed by atoms with Gasteiger partial charge < -0.3 is 15.4 Å². The lowest BCUT2D eigenvalue weighted by atomic mass is 9.94. The molecular weight excluding hydrogens is 248 g/mol. The van der Waals surface area contributed by atoms with Crippen LogP contribution in [0.15, 0.2) is 30.5 Å². The van der Waals surface area contributed by atoms with Crippen molar-refractivity contribution in [2.45, 2.75) is 33.2 Å². The van der Waals surface area contributed by atoms with Crippen LogP contribution in [0.25, 0.3) is 10.9 Å². The van der Waals surface area contributed by atoms with Crippen molar-refractivity contribution in [2.24, 2.45) is 11.8 Å². The lowest BCUT2D eigenvalue weighted by molar-refractivity contribution is 0.239. The molecule has 1 heterocycles. The van der Waals surface area contributed by atoms with Crippen molar-refractivity contribution in [3.05, 3.63) is 36.0 Å². The average Bonchev–Trinajstić information content (AvgIpc) is 2.87. The third-order valence-electron chi connectivity index (χ3n) is 3.78. The highest BCUT2D eigenvalue weighted by Gasteiger charge is 2.10. The summed E-state index contributed by atoms with van der Waals surface area (Å²) in [6.07, 6.45) is 4.04. The van der Waals surface area contributed by atoms with Crippen LogP contribution in [0.1, 0.15) is 32.3 Å². The molecule has 3 N–H and O–H groups in total. The molecule has 0 spiro atoms. The molecule has 0 aliphatic carbocycles. The van der Waals surface area contributed by atoms with E-state index in [-0.39, 0.29) is 6.61 Å². The number of nitrogens with one attached hydrogen (secondary N) is 2. The molecule has 0 bridgehead atoms. The van der Waals surface area contributed by atoms with Gasteiger partial charge in [-0.05, 0) is 48.9 Å². The second kappa shape index (κ2) is 7.46. The molecule has 1 aromatic carbocycles. The minimum Gasteiger partial charge on any atom is -0.396 e. The van der Waals surface area contributed by atoms with E-state index < -0.39 is 0 Å². The third-order valence-corrected chi connectivity index (χ3v) is 3.78. The molecule has 0 aliphatic heterocycles. The summed E-state index contributed by atoms with van der Waals surface area (Å²) in [5, 5.41) is 14.0. The largest absolute Gasteiger partial charge is 0.396 e. The summed E-state index contributed by atoms with van der Waals surface area (Å²) in [6.45, 7) is 6.62. The Balaban J connectivity index is 1.89. The summed E-state index contributed by atoms with van der Waals surface area (Å²) in [5.74, 6) is 1.24. The number of aromatic nitrogens is 1. The maximum absolute atomic E-state index is 9.15. The van der Waals surface area contributed by atoms with Gasteiger partial charge in [0.1, 0.15) is 0 Å². The minimum absolute atomic E-state index is 0.284. The summed E-state index contributed by atoms with van der Waals surface area (Å²) in [5.41, 5.74) is 2.52. The molecule has 20 heavy (non-hydrogen) atoms. The molecule has 0 aliphatic rings. The number of fused-ring (bicyclic) bond motifs is 1. The Morgan fingerprint density at radius 1 is 1.25 bits per heavy atom. The van der Waals surface area contributed by atoms with E-state index in [4.69, 9.17) is 5.11 Å². The van der Waals surface area contributed by atoms with Crippen LogP contribution in [-0.2, 0) is 6.54 Å². The molecule has 1 aromatic heterocycles. The highest BCUT2D eigenvalue weighted by Crippen LogP contribution is 2.18. The first-order valence-electron chi connectivity index (χ1n) is 7.57. The van der Waals surface area contributed by atoms with E-state index >= 15 is 0 Å². The fraction of sp³-hybridized carbons (Fsp3) is 0.529. The fourth-order valence-corrected chi connectivity index (χ4v) is 2.87. The highest BCUT2D eigenvalue weighted by molar-refractivity contribution is 5.82. The van der Waals surface area contributed by atoms with Gasteiger partial charge in [0.05, 0.1) is 0 Å². The number of aliphatic hydroxyl groups is 1. The van der Waals surface area contributed by atoms with Crippen molar-refractivity contribution in [3.63, 3.8) is 0 Å². The zero-order valence-corrected chi connectivity index (χ0v) is 12.5. The number of aliphatic hydroxyl groups excluding tert-OH is 1.